The minimum Gasteiger partial charge on any atom is -0.369 e. The van der Waals surface area contributed by atoms with Gasteiger partial charge in [0, 0.05) is 61.7 Å². The summed E-state index contributed by atoms with van der Waals surface area (Å²) in [7, 11) is 0. The molecule has 1 fully saturated rings. The first-order valence-electron chi connectivity index (χ1n) is 10.00. The number of rotatable bonds is 4. The molecule has 1 saturated heterocycles. The van der Waals surface area contributed by atoms with Crippen LogP contribution in [-0.2, 0) is 11.2 Å². The summed E-state index contributed by atoms with van der Waals surface area (Å²) in [5.74, 6) is 0.777. The van der Waals surface area contributed by atoms with E-state index in [4.69, 9.17) is 10.1 Å². The highest BCUT2D eigenvalue weighted by molar-refractivity contribution is 5.88. The van der Waals surface area contributed by atoms with Crippen molar-refractivity contribution in [2.75, 3.05) is 31.1 Å². The number of nitrogens with zero attached hydrogens (tertiary/aromatic N) is 4. The smallest absolute Gasteiger partial charge is 0.156 e. The third-order valence-corrected chi connectivity index (χ3v) is 5.57. The van der Waals surface area contributed by atoms with Gasteiger partial charge in [0.05, 0.1) is 11.4 Å². The van der Waals surface area contributed by atoms with Gasteiger partial charge >= 0.3 is 0 Å². The second kappa shape index (κ2) is 7.29. The summed E-state index contributed by atoms with van der Waals surface area (Å²) >= 11 is 0. The first-order valence-corrected chi connectivity index (χ1v) is 10.00. The SMILES string of the molecule is Cc1cccc(-c2ccn(-c3cc(N4CCNCC4)c4c(n3)C=C(C=O)C4)n2)c1. The molecule has 0 radical (unpaired) electrons. The monoisotopic (exact) mass is 385 g/mol. The second-order valence-electron chi connectivity index (χ2n) is 7.63. The Kier molecular flexibility index (Phi) is 4.48. The number of carbonyl (C=O) groups is 1. The van der Waals surface area contributed by atoms with Crippen molar-refractivity contribution in [1.82, 2.24) is 20.1 Å². The molecule has 2 aromatic heterocycles. The van der Waals surface area contributed by atoms with E-state index in [0.717, 1.165) is 72.1 Å². The van der Waals surface area contributed by atoms with E-state index in [0.29, 0.717) is 6.42 Å². The molecule has 3 aromatic rings. The molecule has 0 unspecified atom stereocenters. The normalized spacial score (nSPS) is 15.9. The van der Waals surface area contributed by atoms with Gasteiger partial charge in [-0.15, -0.1) is 0 Å². The van der Waals surface area contributed by atoms with E-state index in [1.54, 1.807) is 0 Å². The summed E-state index contributed by atoms with van der Waals surface area (Å²) in [5.41, 5.74) is 7.18. The minimum absolute atomic E-state index is 0.652. The van der Waals surface area contributed by atoms with Crippen LogP contribution in [0, 0.1) is 6.92 Å². The Morgan fingerprint density at radius 2 is 2.00 bits per heavy atom. The maximum absolute atomic E-state index is 11.4. The van der Waals surface area contributed by atoms with E-state index < -0.39 is 0 Å². The van der Waals surface area contributed by atoms with Gasteiger partial charge < -0.3 is 10.2 Å². The van der Waals surface area contributed by atoms with Crippen LogP contribution in [0.3, 0.4) is 0 Å². The van der Waals surface area contributed by atoms with Gasteiger partial charge in [-0.2, -0.15) is 5.10 Å². The quantitative estimate of drug-likeness (QED) is 0.700. The third-order valence-electron chi connectivity index (χ3n) is 5.57. The van der Waals surface area contributed by atoms with Crippen LogP contribution in [0.2, 0.25) is 0 Å². The molecule has 0 atom stereocenters. The predicted octanol–water partition coefficient (Wildman–Crippen LogP) is 2.79. The molecule has 5 rings (SSSR count). The summed E-state index contributed by atoms with van der Waals surface area (Å²) in [6.07, 6.45) is 5.45. The molecular formula is C23H23N5O. The lowest BCUT2D eigenvalue weighted by Crippen LogP contribution is -2.44. The Morgan fingerprint density at radius 3 is 2.79 bits per heavy atom. The van der Waals surface area contributed by atoms with Gasteiger partial charge in [-0.3, -0.25) is 4.79 Å². The molecule has 6 heteroatoms. The number of aldehydes is 1. The van der Waals surface area contributed by atoms with Gasteiger partial charge in [0.25, 0.3) is 0 Å². The molecule has 3 heterocycles. The van der Waals surface area contributed by atoms with Gasteiger partial charge in [-0.25, -0.2) is 9.67 Å². The van der Waals surface area contributed by atoms with E-state index >= 15 is 0 Å². The average Bonchev–Trinajstić information content (AvgIpc) is 3.41. The molecule has 1 aliphatic heterocycles. The molecule has 29 heavy (non-hydrogen) atoms. The fourth-order valence-corrected chi connectivity index (χ4v) is 4.09. The van der Waals surface area contributed by atoms with Gasteiger partial charge in [0.2, 0.25) is 0 Å². The largest absolute Gasteiger partial charge is 0.369 e. The van der Waals surface area contributed by atoms with Crippen molar-refractivity contribution in [3.05, 3.63) is 65.0 Å². The van der Waals surface area contributed by atoms with Crippen LogP contribution in [0.25, 0.3) is 23.2 Å². The highest BCUT2D eigenvalue weighted by atomic mass is 16.1. The topological polar surface area (TPSA) is 63.1 Å². The standard InChI is InChI=1S/C23H23N5O/c1-16-3-2-4-18(11-16)20-5-8-28(26-20)23-14-22(27-9-6-24-7-10-27)19-12-17(15-29)13-21(19)25-23/h2-5,8,11,13-15,24H,6-7,9-10,12H2,1H3. The fraction of sp³-hybridized carbons (Fsp3) is 0.261. The fourth-order valence-electron chi connectivity index (χ4n) is 4.09. The Bertz CT molecular complexity index is 1110. The number of aromatic nitrogens is 3. The number of hydrogen-bond donors (Lipinski definition) is 1. The van der Waals surface area contributed by atoms with Crippen LogP contribution in [-0.4, -0.2) is 47.2 Å². The van der Waals surface area contributed by atoms with E-state index in [-0.39, 0.29) is 0 Å². The van der Waals surface area contributed by atoms with E-state index in [9.17, 15) is 4.79 Å². The van der Waals surface area contributed by atoms with Crippen LogP contribution in [0.15, 0.2) is 48.2 Å². The van der Waals surface area contributed by atoms with Crippen molar-refractivity contribution in [2.24, 2.45) is 0 Å². The number of hydrogen-bond acceptors (Lipinski definition) is 5. The van der Waals surface area contributed by atoms with Gasteiger partial charge in [-0.1, -0.05) is 23.8 Å². The van der Waals surface area contributed by atoms with Crippen molar-refractivity contribution in [3.63, 3.8) is 0 Å². The summed E-state index contributed by atoms with van der Waals surface area (Å²) in [6.45, 7) is 5.89. The lowest BCUT2D eigenvalue weighted by Gasteiger charge is -2.31. The highest BCUT2D eigenvalue weighted by Crippen LogP contribution is 2.33. The molecule has 6 nitrogen and oxygen atoms in total. The summed E-state index contributed by atoms with van der Waals surface area (Å²) in [6, 6.07) is 12.5. The number of allylic oxidation sites excluding steroid dienone is 1. The van der Waals surface area contributed by atoms with Crippen molar-refractivity contribution < 1.29 is 4.79 Å². The van der Waals surface area contributed by atoms with Crippen LogP contribution in [0.5, 0.6) is 0 Å². The first-order chi connectivity index (χ1) is 14.2. The van der Waals surface area contributed by atoms with Gasteiger partial charge in [0.15, 0.2) is 5.82 Å². The Morgan fingerprint density at radius 1 is 1.14 bits per heavy atom. The van der Waals surface area contributed by atoms with Crippen molar-refractivity contribution in [2.45, 2.75) is 13.3 Å². The van der Waals surface area contributed by atoms with Gasteiger partial charge in [-0.05, 0) is 30.7 Å². The summed E-state index contributed by atoms with van der Waals surface area (Å²) in [5, 5.41) is 8.18. The summed E-state index contributed by atoms with van der Waals surface area (Å²) < 4.78 is 1.83. The number of pyridine rings is 1. The molecule has 146 valence electrons. The zero-order chi connectivity index (χ0) is 19.8. The Hall–Kier alpha value is -3.25. The Labute approximate surface area is 169 Å². The molecule has 1 N–H and O–H groups in total. The number of anilines is 1. The van der Waals surface area contributed by atoms with E-state index in [2.05, 4.69) is 41.4 Å². The molecule has 0 amide bonds. The predicted molar refractivity (Wildman–Crippen MR) is 114 cm³/mol. The lowest BCUT2D eigenvalue weighted by atomic mass is 10.1. The van der Waals surface area contributed by atoms with Crippen molar-refractivity contribution in [1.29, 1.82) is 0 Å². The number of piperazine rings is 1. The number of nitrogens with one attached hydrogen (secondary N) is 1. The van der Waals surface area contributed by atoms with Gasteiger partial charge in [0.1, 0.15) is 6.29 Å². The highest BCUT2D eigenvalue weighted by Gasteiger charge is 2.23. The first kappa shape index (κ1) is 17.8. The zero-order valence-electron chi connectivity index (χ0n) is 16.4. The maximum Gasteiger partial charge on any atom is 0.156 e. The molecule has 1 aromatic carbocycles. The van der Waals surface area contributed by atoms with Crippen LogP contribution in [0.4, 0.5) is 5.69 Å². The lowest BCUT2D eigenvalue weighted by molar-refractivity contribution is -0.104. The number of fused-ring (bicyclic) bond motifs is 1. The summed E-state index contributed by atoms with van der Waals surface area (Å²) in [4.78, 5) is 18.6. The molecule has 2 aliphatic rings. The molecule has 0 saturated carbocycles. The molecule has 1 aliphatic carbocycles. The van der Waals surface area contributed by atoms with Crippen LogP contribution in [0.1, 0.15) is 16.8 Å². The molecular weight excluding hydrogens is 362 g/mol. The van der Waals surface area contributed by atoms with Crippen LogP contribution >= 0.6 is 0 Å². The zero-order valence-corrected chi connectivity index (χ0v) is 16.4. The molecule has 0 bridgehead atoms. The number of aryl methyl sites for hydroxylation is 1. The third kappa shape index (κ3) is 3.36. The van der Waals surface area contributed by atoms with E-state index in [1.165, 1.54) is 5.56 Å². The maximum atomic E-state index is 11.4. The average molecular weight is 385 g/mol. The molecule has 0 spiro atoms. The van der Waals surface area contributed by atoms with E-state index in [1.807, 2.05) is 29.1 Å². The number of benzene rings is 1. The van der Waals surface area contributed by atoms with Crippen molar-refractivity contribution in [3.8, 4) is 17.1 Å². The van der Waals surface area contributed by atoms with Crippen molar-refractivity contribution >= 4 is 18.0 Å². The second-order valence-corrected chi connectivity index (χ2v) is 7.63. The Balaban J connectivity index is 1.57. The minimum atomic E-state index is 0.652. The number of carbonyl (C=O) groups excluding carboxylic acids is 1. The van der Waals surface area contributed by atoms with Crippen LogP contribution < -0.4 is 10.2 Å².